The van der Waals surface area contributed by atoms with Gasteiger partial charge in [0.1, 0.15) is 5.37 Å². The van der Waals surface area contributed by atoms with Crippen molar-refractivity contribution in [3.05, 3.63) is 30.3 Å². The van der Waals surface area contributed by atoms with Crippen LogP contribution in [0.3, 0.4) is 0 Å². The van der Waals surface area contributed by atoms with Crippen LogP contribution in [0.5, 0.6) is 0 Å². The Labute approximate surface area is 139 Å². The molecule has 1 N–H and O–H groups in total. The highest BCUT2D eigenvalue weighted by Crippen LogP contribution is 2.39. The van der Waals surface area contributed by atoms with E-state index in [1.807, 2.05) is 30.3 Å². The zero-order valence-electron chi connectivity index (χ0n) is 11.2. The number of nitrogens with one attached hydrogen (secondary N) is 1. The van der Waals surface area contributed by atoms with Gasteiger partial charge in [0.25, 0.3) is 0 Å². The maximum absolute atomic E-state index is 11.9. The second-order valence-corrected chi connectivity index (χ2v) is 7.92. The van der Waals surface area contributed by atoms with Gasteiger partial charge in [0.15, 0.2) is 0 Å². The van der Waals surface area contributed by atoms with Crippen molar-refractivity contribution in [2.24, 2.45) is 0 Å². The number of amides is 1. The average molecular weight is 355 g/mol. The van der Waals surface area contributed by atoms with Crippen molar-refractivity contribution in [1.29, 1.82) is 0 Å². The molecule has 1 rings (SSSR count). The molecule has 0 aliphatic carbocycles. The number of halogens is 3. The lowest BCUT2D eigenvalue weighted by molar-refractivity contribution is -0.121. The van der Waals surface area contributed by atoms with E-state index in [9.17, 15) is 4.79 Å². The summed E-state index contributed by atoms with van der Waals surface area (Å²) in [5.41, 5.74) is 0. The van der Waals surface area contributed by atoms with Gasteiger partial charge in [-0.2, -0.15) is 0 Å². The van der Waals surface area contributed by atoms with Gasteiger partial charge in [0.05, 0.1) is 0 Å². The van der Waals surface area contributed by atoms with Crippen molar-refractivity contribution in [2.75, 3.05) is 0 Å². The van der Waals surface area contributed by atoms with Gasteiger partial charge in [-0.15, -0.1) is 0 Å². The number of benzene rings is 1. The number of hydrogen-bond donors (Lipinski definition) is 1. The molecule has 1 amide bonds. The summed E-state index contributed by atoms with van der Waals surface area (Å²) in [6.07, 6.45) is 3.41. The van der Waals surface area contributed by atoms with Crippen molar-refractivity contribution in [1.82, 2.24) is 5.32 Å². The van der Waals surface area contributed by atoms with Gasteiger partial charge in [-0.1, -0.05) is 84.5 Å². The first kappa shape index (κ1) is 18.0. The van der Waals surface area contributed by atoms with Crippen molar-refractivity contribution < 1.29 is 4.79 Å². The summed E-state index contributed by atoms with van der Waals surface area (Å²) in [4.78, 5) is 12.8. The minimum Gasteiger partial charge on any atom is -0.340 e. The van der Waals surface area contributed by atoms with Crippen LogP contribution >= 0.6 is 46.6 Å². The third-order valence-electron chi connectivity index (χ3n) is 2.59. The van der Waals surface area contributed by atoms with Gasteiger partial charge >= 0.3 is 0 Å². The predicted octanol–water partition coefficient (Wildman–Crippen LogP) is 5.17. The summed E-state index contributed by atoms with van der Waals surface area (Å²) in [5.74, 6) is -0.0850. The van der Waals surface area contributed by atoms with E-state index in [4.69, 9.17) is 34.8 Å². The minimum atomic E-state index is -1.55. The molecule has 0 aromatic heterocycles. The fraction of sp³-hybridized carbons (Fsp3) is 0.500. The smallest absolute Gasteiger partial charge is 0.221 e. The van der Waals surface area contributed by atoms with E-state index in [1.165, 1.54) is 11.8 Å². The summed E-state index contributed by atoms with van der Waals surface area (Å²) in [6, 6.07) is 9.55. The van der Waals surface area contributed by atoms with Crippen molar-refractivity contribution >= 4 is 52.5 Å². The topological polar surface area (TPSA) is 29.1 Å². The third kappa shape index (κ3) is 7.07. The second kappa shape index (κ2) is 9.04. The Balaban J connectivity index is 2.59. The summed E-state index contributed by atoms with van der Waals surface area (Å²) in [6.45, 7) is 2.09. The number of carbonyl (C=O) groups is 1. The Morgan fingerprint density at radius 1 is 1.25 bits per heavy atom. The van der Waals surface area contributed by atoms with Crippen LogP contribution in [-0.2, 0) is 4.79 Å². The molecule has 0 heterocycles. The number of rotatable bonds is 7. The maximum Gasteiger partial charge on any atom is 0.221 e. The molecule has 0 aliphatic rings. The maximum atomic E-state index is 11.9. The van der Waals surface area contributed by atoms with Gasteiger partial charge in [-0.25, -0.2) is 0 Å². The Bertz CT molecular complexity index is 409. The van der Waals surface area contributed by atoms with Gasteiger partial charge in [0.2, 0.25) is 9.70 Å². The highest BCUT2D eigenvalue weighted by atomic mass is 35.6. The van der Waals surface area contributed by atoms with Crippen molar-refractivity contribution in [3.63, 3.8) is 0 Å². The number of alkyl halides is 3. The molecule has 2 nitrogen and oxygen atoms in total. The average Bonchev–Trinajstić information content (AvgIpc) is 2.38. The Morgan fingerprint density at radius 3 is 2.45 bits per heavy atom. The quantitative estimate of drug-likeness (QED) is 0.317. The molecule has 0 saturated carbocycles. The molecule has 1 atom stereocenters. The predicted molar refractivity (Wildman–Crippen MR) is 88.7 cm³/mol. The summed E-state index contributed by atoms with van der Waals surface area (Å²) >= 11 is 19.2. The van der Waals surface area contributed by atoms with Crippen LogP contribution in [0.1, 0.15) is 32.6 Å². The molecule has 1 aromatic rings. The Kier molecular flexibility index (Phi) is 8.11. The molecule has 0 saturated heterocycles. The summed E-state index contributed by atoms with van der Waals surface area (Å²) in [5, 5.41) is 2.19. The normalized spacial score (nSPS) is 13.0. The van der Waals surface area contributed by atoms with E-state index < -0.39 is 9.17 Å². The van der Waals surface area contributed by atoms with Gasteiger partial charge < -0.3 is 5.32 Å². The van der Waals surface area contributed by atoms with E-state index in [0.717, 1.165) is 24.2 Å². The van der Waals surface area contributed by atoms with Crippen molar-refractivity contribution in [2.45, 2.75) is 46.7 Å². The zero-order chi connectivity index (χ0) is 15.0. The molecule has 0 radical (unpaired) electrons. The van der Waals surface area contributed by atoms with Crippen LogP contribution < -0.4 is 5.32 Å². The van der Waals surface area contributed by atoms with Crippen LogP contribution in [0.15, 0.2) is 35.2 Å². The summed E-state index contributed by atoms with van der Waals surface area (Å²) < 4.78 is -1.55. The molecule has 112 valence electrons. The van der Waals surface area contributed by atoms with E-state index in [1.54, 1.807) is 0 Å². The van der Waals surface area contributed by atoms with Crippen LogP contribution in [-0.4, -0.2) is 15.1 Å². The first-order chi connectivity index (χ1) is 9.43. The molecular weight excluding hydrogens is 337 g/mol. The van der Waals surface area contributed by atoms with Crippen LogP contribution in [0.2, 0.25) is 0 Å². The highest BCUT2D eigenvalue weighted by Gasteiger charge is 2.34. The van der Waals surface area contributed by atoms with E-state index >= 15 is 0 Å². The molecule has 6 heteroatoms. The van der Waals surface area contributed by atoms with Gasteiger partial charge in [-0.3, -0.25) is 4.79 Å². The van der Waals surface area contributed by atoms with Crippen LogP contribution in [0.4, 0.5) is 0 Å². The molecule has 0 unspecified atom stereocenters. The molecule has 20 heavy (non-hydrogen) atoms. The lowest BCUT2D eigenvalue weighted by Crippen LogP contribution is -2.41. The third-order valence-corrected chi connectivity index (χ3v) is 4.89. The first-order valence-corrected chi connectivity index (χ1v) is 8.52. The van der Waals surface area contributed by atoms with Crippen LogP contribution in [0.25, 0.3) is 0 Å². The van der Waals surface area contributed by atoms with Gasteiger partial charge in [0, 0.05) is 11.3 Å². The second-order valence-electron chi connectivity index (χ2n) is 4.38. The monoisotopic (exact) mass is 353 g/mol. The number of unbranched alkanes of at least 4 members (excludes halogenated alkanes) is 2. The van der Waals surface area contributed by atoms with Crippen LogP contribution in [0, 0.1) is 0 Å². The fourth-order valence-electron chi connectivity index (χ4n) is 1.57. The van der Waals surface area contributed by atoms with E-state index in [2.05, 4.69) is 12.2 Å². The zero-order valence-corrected chi connectivity index (χ0v) is 14.3. The van der Waals surface area contributed by atoms with E-state index in [0.29, 0.717) is 6.42 Å². The lowest BCUT2D eigenvalue weighted by Gasteiger charge is -2.25. The number of thioether (sulfide) groups is 1. The number of hydrogen-bond acceptors (Lipinski definition) is 2. The molecular formula is C14H18Cl3NOS. The summed E-state index contributed by atoms with van der Waals surface area (Å²) in [7, 11) is 0. The molecule has 0 spiro atoms. The lowest BCUT2D eigenvalue weighted by atomic mass is 10.2. The van der Waals surface area contributed by atoms with E-state index in [-0.39, 0.29) is 5.91 Å². The molecule has 0 aliphatic heterocycles. The van der Waals surface area contributed by atoms with Crippen molar-refractivity contribution in [3.8, 4) is 0 Å². The minimum absolute atomic E-state index is 0.0850. The SMILES string of the molecule is CCCCCC(=O)N[C@H](Sc1ccccc1)C(Cl)(Cl)Cl. The number of carbonyl (C=O) groups excluding carboxylic acids is 1. The fourth-order valence-corrected chi connectivity index (χ4v) is 3.04. The molecule has 0 bridgehead atoms. The van der Waals surface area contributed by atoms with Gasteiger partial charge in [-0.05, 0) is 18.6 Å². The Hall–Kier alpha value is -0.0900. The Morgan fingerprint density at radius 2 is 1.90 bits per heavy atom. The highest BCUT2D eigenvalue weighted by molar-refractivity contribution is 8.00. The first-order valence-electron chi connectivity index (χ1n) is 6.51. The molecule has 0 fully saturated rings. The molecule has 1 aromatic carbocycles. The standard InChI is InChI=1S/C14H18Cl3NOS/c1-2-3-5-10-12(19)18-13(14(15,16)17)20-11-8-6-4-7-9-11/h4,6-9,13H,2-3,5,10H2,1H3,(H,18,19)/t13-/m1/s1. The largest absolute Gasteiger partial charge is 0.340 e.